The van der Waals surface area contributed by atoms with Gasteiger partial charge >= 0.3 is 0 Å². The van der Waals surface area contributed by atoms with Gasteiger partial charge < -0.3 is 20.5 Å². The second-order valence-electron chi connectivity index (χ2n) is 10.1. The van der Waals surface area contributed by atoms with Crippen molar-refractivity contribution in [2.75, 3.05) is 17.7 Å². The zero-order valence-corrected chi connectivity index (χ0v) is 23.1. The second kappa shape index (κ2) is 11.6. The number of aromatic hydroxyl groups is 1. The Kier molecular flexibility index (Phi) is 7.36. The minimum Gasteiger partial charge on any atom is -0.505 e. The van der Waals surface area contributed by atoms with Crippen molar-refractivity contribution < 1.29 is 24.2 Å². The molecule has 212 valence electrons. The van der Waals surface area contributed by atoms with Crippen molar-refractivity contribution in [1.29, 1.82) is 0 Å². The molecule has 6 rings (SSSR count). The number of phenolic OH excluding ortho intramolecular Hbond substituents is 1. The van der Waals surface area contributed by atoms with Crippen LogP contribution >= 0.6 is 0 Å². The molecule has 0 fully saturated rings. The van der Waals surface area contributed by atoms with E-state index >= 15 is 0 Å². The predicted octanol–water partition coefficient (Wildman–Crippen LogP) is 7.14. The maximum atomic E-state index is 13.5. The van der Waals surface area contributed by atoms with Crippen LogP contribution in [0.4, 0.5) is 22.7 Å². The fourth-order valence-corrected chi connectivity index (χ4v) is 5.04. The lowest BCUT2D eigenvalue weighted by Gasteiger charge is -2.11. The molecule has 5 aromatic rings. The van der Waals surface area contributed by atoms with Crippen LogP contribution in [0.15, 0.2) is 107 Å². The van der Waals surface area contributed by atoms with Crippen LogP contribution < -0.4 is 15.4 Å². The van der Waals surface area contributed by atoms with Crippen LogP contribution in [-0.2, 0) is 17.6 Å². The number of anilines is 2. The van der Waals surface area contributed by atoms with Gasteiger partial charge in [-0.3, -0.25) is 14.4 Å². The summed E-state index contributed by atoms with van der Waals surface area (Å²) in [7, 11) is 1.48. The van der Waals surface area contributed by atoms with E-state index in [9.17, 15) is 19.5 Å². The number of phenols is 1. The van der Waals surface area contributed by atoms with Gasteiger partial charge in [0.25, 0.3) is 5.91 Å². The van der Waals surface area contributed by atoms with Crippen molar-refractivity contribution in [2.45, 2.75) is 12.8 Å². The van der Waals surface area contributed by atoms with Gasteiger partial charge in [0.05, 0.1) is 19.1 Å². The Morgan fingerprint density at radius 3 is 2.53 bits per heavy atom. The normalized spacial score (nSPS) is 12.3. The van der Waals surface area contributed by atoms with Crippen LogP contribution in [0, 0.1) is 0 Å². The van der Waals surface area contributed by atoms with Crippen molar-refractivity contribution in [2.24, 2.45) is 10.2 Å². The van der Waals surface area contributed by atoms with Crippen LogP contribution in [-0.4, -0.2) is 29.8 Å². The molecule has 0 unspecified atom stereocenters. The number of azo groups is 1. The van der Waals surface area contributed by atoms with Crippen molar-refractivity contribution in [3.63, 3.8) is 0 Å². The summed E-state index contributed by atoms with van der Waals surface area (Å²) >= 11 is 0. The van der Waals surface area contributed by atoms with E-state index in [0.717, 1.165) is 16.8 Å². The molecule has 0 bridgehead atoms. The lowest BCUT2D eigenvalue weighted by molar-refractivity contribution is -0.115. The zero-order valence-electron chi connectivity index (χ0n) is 23.1. The van der Waals surface area contributed by atoms with Gasteiger partial charge in [0.15, 0.2) is 11.5 Å². The van der Waals surface area contributed by atoms with Crippen molar-refractivity contribution in [3.8, 4) is 11.5 Å². The van der Waals surface area contributed by atoms with Gasteiger partial charge in [0.2, 0.25) is 5.91 Å². The molecule has 1 heterocycles. The van der Waals surface area contributed by atoms with Gasteiger partial charge in [-0.25, -0.2) is 0 Å². The van der Waals surface area contributed by atoms with E-state index in [2.05, 4.69) is 20.9 Å². The molecule has 0 atom stereocenters. The van der Waals surface area contributed by atoms with E-state index in [1.165, 1.54) is 7.11 Å². The van der Waals surface area contributed by atoms with Crippen LogP contribution in [0.5, 0.6) is 11.5 Å². The predicted molar refractivity (Wildman–Crippen MR) is 164 cm³/mol. The highest BCUT2D eigenvalue weighted by Gasteiger charge is 2.21. The average molecular weight is 571 g/mol. The number of hydrogen-bond donors (Lipinski definition) is 3. The minimum atomic E-state index is -0.335. The number of carbonyl (C=O) groups excluding carboxylic acids is 3. The number of benzene rings is 5. The molecule has 0 saturated heterocycles. The SMILES string of the molecule is COc1ccc(C(=O)Nc2ccccc2)cc1N=Nc1c(O)c(C(=O)Cc2ccc3c(c2)CC(=O)N3)cc2ccccc12. The number of hydrogen-bond acceptors (Lipinski definition) is 7. The highest BCUT2D eigenvalue weighted by molar-refractivity contribution is 6.08. The first-order valence-electron chi connectivity index (χ1n) is 13.6. The first-order valence-corrected chi connectivity index (χ1v) is 13.6. The number of amides is 2. The molecule has 0 aliphatic carbocycles. The highest BCUT2D eigenvalue weighted by atomic mass is 16.5. The first-order chi connectivity index (χ1) is 20.9. The standard InChI is InChI=1S/C34H26N4O5/c1-43-30-14-12-22(34(42)35-24-8-3-2-4-9-24)18-28(30)37-38-32-25-10-6-5-7-21(25)17-26(33(32)41)29(39)16-20-11-13-27-23(15-20)19-31(40)36-27/h2-15,17-18,41H,16,19H2,1H3,(H,35,42)(H,36,40). The van der Waals surface area contributed by atoms with Gasteiger partial charge in [0.1, 0.15) is 17.1 Å². The van der Waals surface area contributed by atoms with Crippen molar-refractivity contribution >= 4 is 51.1 Å². The summed E-state index contributed by atoms with van der Waals surface area (Å²) in [5.41, 5.74) is 3.78. The molecule has 0 radical (unpaired) electrons. The number of methoxy groups -OCH3 is 1. The molecule has 9 nitrogen and oxygen atoms in total. The van der Waals surface area contributed by atoms with Gasteiger partial charge in [-0.2, -0.15) is 0 Å². The summed E-state index contributed by atoms with van der Waals surface area (Å²) in [4.78, 5) is 38.1. The summed E-state index contributed by atoms with van der Waals surface area (Å²) in [6.07, 6.45) is 0.290. The molecule has 0 aromatic heterocycles. The molecule has 3 N–H and O–H groups in total. The molecule has 0 saturated carbocycles. The van der Waals surface area contributed by atoms with Crippen LogP contribution in [0.1, 0.15) is 31.8 Å². The van der Waals surface area contributed by atoms with E-state index in [1.807, 2.05) is 36.4 Å². The summed E-state index contributed by atoms with van der Waals surface area (Å²) < 4.78 is 5.44. The smallest absolute Gasteiger partial charge is 0.255 e. The quantitative estimate of drug-likeness (QED) is 0.135. The maximum absolute atomic E-state index is 13.5. The fourth-order valence-electron chi connectivity index (χ4n) is 5.04. The summed E-state index contributed by atoms with van der Waals surface area (Å²) in [5, 5.41) is 26.9. The van der Waals surface area contributed by atoms with E-state index < -0.39 is 0 Å². The number of carbonyl (C=O) groups is 3. The average Bonchev–Trinajstić information content (AvgIpc) is 3.40. The first kappa shape index (κ1) is 27.3. The summed E-state index contributed by atoms with van der Waals surface area (Å²) in [6.45, 7) is 0. The lowest BCUT2D eigenvalue weighted by atomic mass is 9.96. The third-order valence-electron chi connectivity index (χ3n) is 7.19. The Morgan fingerprint density at radius 1 is 0.930 bits per heavy atom. The number of nitrogens with zero attached hydrogens (tertiary/aromatic N) is 2. The third-order valence-corrected chi connectivity index (χ3v) is 7.19. The van der Waals surface area contributed by atoms with E-state index in [0.29, 0.717) is 27.8 Å². The number of Topliss-reactive ketones (excluding diaryl/α,β-unsaturated/α-hetero) is 1. The summed E-state index contributed by atoms with van der Waals surface area (Å²) in [5.74, 6) is -0.658. The van der Waals surface area contributed by atoms with Gasteiger partial charge in [-0.1, -0.05) is 54.6 Å². The molecule has 5 aromatic carbocycles. The Balaban J connectivity index is 1.33. The van der Waals surface area contributed by atoms with E-state index in [1.54, 1.807) is 60.7 Å². The molecular weight excluding hydrogens is 544 g/mol. The third kappa shape index (κ3) is 5.69. The highest BCUT2D eigenvalue weighted by Crippen LogP contribution is 2.41. The lowest BCUT2D eigenvalue weighted by Crippen LogP contribution is -2.11. The number of ketones is 1. The Hall–Kier alpha value is -5.83. The number of para-hydroxylation sites is 1. The Bertz CT molecular complexity index is 1940. The van der Waals surface area contributed by atoms with Gasteiger partial charge in [0, 0.05) is 28.7 Å². The number of nitrogens with one attached hydrogen (secondary N) is 2. The zero-order chi connectivity index (χ0) is 29.9. The van der Waals surface area contributed by atoms with Crippen LogP contribution in [0.3, 0.4) is 0 Å². The molecule has 1 aliphatic rings. The molecule has 1 aliphatic heterocycles. The molecule has 9 heteroatoms. The number of fused-ring (bicyclic) bond motifs is 2. The minimum absolute atomic E-state index is 0.0242. The number of rotatable bonds is 8. The maximum Gasteiger partial charge on any atom is 0.255 e. The van der Waals surface area contributed by atoms with Crippen molar-refractivity contribution in [3.05, 3.63) is 119 Å². The number of ether oxygens (including phenoxy) is 1. The van der Waals surface area contributed by atoms with Gasteiger partial charge in [-0.05, 0) is 59.0 Å². The molecule has 2 amide bonds. The summed E-state index contributed by atoms with van der Waals surface area (Å²) in [6, 6.07) is 28.1. The molecule has 43 heavy (non-hydrogen) atoms. The second-order valence-corrected chi connectivity index (χ2v) is 10.1. The molecular formula is C34H26N4O5. The molecule has 0 spiro atoms. The van der Waals surface area contributed by atoms with Crippen LogP contribution in [0.25, 0.3) is 10.8 Å². The monoisotopic (exact) mass is 570 g/mol. The van der Waals surface area contributed by atoms with E-state index in [-0.39, 0.29) is 53.1 Å². The van der Waals surface area contributed by atoms with E-state index in [4.69, 9.17) is 4.74 Å². The van der Waals surface area contributed by atoms with Gasteiger partial charge in [-0.15, -0.1) is 10.2 Å². The van der Waals surface area contributed by atoms with Crippen LogP contribution in [0.2, 0.25) is 0 Å². The topological polar surface area (TPSA) is 129 Å². The fraction of sp³-hybridized carbons (Fsp3) is 0.0882. The van der Waals surface area contributed by atoms with Crippen molar-refractivity contribution in [1.82, 2.24) is 0 Å². The Labute approximate surface area is 246 Å². The Morgan fingerprint density at radius 2 is 1.72 bits per heavy atom. The largest absolute Gasteiger partial charge is 0.505 e.